The molecule has 2 heterocycles. The molecule has 3 heteroatoms. The van der Waals surface area contributed by atoms with Crippen LogP contribution in [0.3, 0.4) is 0 Å². The van der Waals surface area contributed by atoms with Crippen LogP contribution in [-0.4, -0.2) is 39.5 Å². The summed E-state index contributed by atoms with van der Waals surface area (Å²) in [7, 11) is 0. The minimum Gasteiger partial charge on any atom is -0.377 e. The quantitative estimate of drug-likeness (QED) is 0.456. The van der Waals surface area contributed by atoms with Crippen molar-refractivity contribution in [3.8, 4) is 0 Å². The van der Waals surface area contributed by atoms with Gasteiger partial charge in [-0.1, -0.05) is 0 Å². The molecule has 0 unspecified atom stereocenters. The Morgan fingerprint density at radius 1 is 0.778 bits per heavy atom. The molecule has 0 bridgehead atoms. The SMILES string of the molecule is C1CN1.C1COCCO1. The van der Waals surface area contributed by atoms with Crippen LogP contribution in [0, 0.1) is 0 Å². The number of ether oxygens (including phenoxy) is 2. The van der Waals surface area contributed by atoms with E-state index in [-0.39, 0.29) is 0 Å². The summed E-state index contributed by atoms with van der Waals surface area (Å²) < 4.78 is 9.89. The predicted molar refractivity (Wildman–Crippen MR) is 34.5 cm³/mol. The zero-order chi connectivity index (χ0) is 6.36. The molecule has 0 spiro atoms. The Hall–Kier alpha value is -0.120. The lowest BCUT2D eigenvalue weighted by Gasteiger charge is -2.09. The molecule has 3 nitrogen and oxygen atoms in total. The summed E-state index contributed by atoms with van der Waals surface area (Å²) in [5.41, 5.74) is 0. The fourth-order valence-electron chi connectivity index (χ4n) is 0.440. The van der Waals surface area contributed by atoms with Crippen molar-refractivity contribution in [2.75, 3.05) is 39.5 Å². The maximum Gasteiger partial charge on any atom is 0.0701 e. The highest BCUT2D eigenvalue weighted by atomic mass is 16.6. The molecule has 1 N–H and O–H groups in total. The van der Waals surface area contributed by atoms with Gasteiger partial charge in [-0.25, -0.2) is 0 Å². The van der Waals surface area contributed by atoms with E-state index in [0.29, 0.717) is 0 Å². The molecule has 0 aromatic carbocycles. The average Bonchev–Trinajstić information content (AvgIpc) is 2.76. The van der Waals surface area contributed by atoms with Crippen LogP contribution in [0.15, 0.2) is 0 Å². The molecule has 0 aromatic heterocycles. The Morgan fingerprint density at radius 2 is 1.11 bits per heavy atom. The Labute approximate surface area is 55.3 Å². The normalized spacial score (nSPS) is 24.0. The highest BCUT2D eigenvalue weighted by molar-refractivity contribution is 4.58. The second kappa shape index (κ2) is 4.73. The molecule has 2 saturated heterocycles. The average molecular weight is 131 g/mol. The zero-order valence-corrected chi connectivity index (χ0v) is 5.56. The Kier molecular flexibility index (Phi) is 3.68. The summed E-state index contributed by atoms with van der Waals surface area (Å²) in [6.45, 7) is 5.61. The van der Waals surface area contributed by atoms with Gasteiger partial charge in [-0.2, -0.15) is 0 Å². The monoisotopic (exact) mass is 131 g/mol. The summed E-state index contributed by atoms with van der Waals surface area (Å²) >= 11 is 0. The van der Waals surface area contributed by atoms with Gasteiger partial charge in [0.1, 0.15) is 0 Å². The van der Waals surface area contributed by atoms with E-state index >= 15 is 0 Å². The lowest BCUT2D eigenvalue weighted by molar-refractivity contribution is -0.0334. The Bertz CT molecular complexity index is 47.8. The van der Waals surface area contributed by atoms with Crippen LogP contribution in [-0.2, 0) is 9.47 Å². The summed E-state index contributed by atoms with van der Waals surface area (Å²) in [5, 5.41) is 3.00. The third kappa shape index (κ3) is 5.76. The molecular weight excluding hydrogens is 118 g/mol. The standard InChI is InChI=1S/C4H8O2.C2H5N/c1-2-6-4-3-5-1;1-2-3-1/h1-4H2;3H,1-2H2. The third-order valence-corrected chi connectivity index (χ3v) is 0.994. The largest absolute Gasteiger partial charge is 0.377 e. The molecule has 0 atom stereocenters. The van der Waals surface area contributed by atoms with E-state index < -0.39 is 0 Å². The molecule has 9 heavy (non-hydrogen) atoms. The molecule has 2 rings (SSSR count). The molecule has 0 aromatic rings. The predicted octanol–water partition coefficient (Wildman–Crippen LogP) is -0.377. The molecule has 2 fully saturated rings. The van der Waals surface area contributed by atoms with E-state index in [9.17, 15) is 0 Å². The van der Waals surface area contributed by atoms with Gasteiger partial charge < -0.3 is 14.8 Å². The Morgan fingerprint density at radius 3 is 1.22 bits per heavy atom. The number of hydrogen-bond donors (Lipinski definition) is 1. The molecule has 54 valence electrons. The molecule has 0 radical (unpaired) electrons. The van der Waals surface area contributed by atoms with Crippen LogP contribution in [0.5, 0.6) is 0 Å². The van der Waals surface area contributed by atoms with Crippen molar-refractivity contribution < 1.29 is 9.47 Å². The number of nitrogens with one attached hydrogen (secondary N) is 1. The second-order valence-corrected chi connectivity index (χ2v) is 1.97. The van der Waals surface area contributed by atoms with Crippen molar-refractivity contribution in [3.63, 3.8) is 0 Å². The molecule has 2 aliphatic rings. The van der Waals surface area contributed by atoms with E-state index in [4.69, 9.17) is 9.47 Å². The lowest BCUT2D eigenvalue weighted by atomic mass is 10.6. The van der Waals surface area contributed by atoms with Crippen molar-refractivity contribution in [2.45, 2.75) is 0 Å². The number of rotatable bonds is 0. The first-order chi connectivity index (χ1) is 4.50. The lowest BCUT2D eigenvalue weighted by Crippen LogP contribution is -2.16. The van der Waals surface area contributed by atoms with E-state index in [0.717, 1.165) is 26.4 Å². The molecule has 0 saturated carbocycles. The van der Waals surface area contributed by atoms with Gasteiger partial charge in [-0.3, -0.25) is 0 Å². The second-order valence-electron chi connectivity index (χ2n) is 1.97. The fourth-order valence-corrected chi connectivity index (χ4v) is 0.440. The smallest absolute Gasteiger partial charge is 0.0701 e. The van der Waals surface area contributed by atoms with Gasteiger partial charge in [-0.15, -0.1) is 0 Å². The number of hydrogen-bond acceptors (Lipinski definition) is 3. The van der Waals surface area contributed by atoms with Crippen LogP contribution < -0.4 is 5.32 Å². The van der Waals surface area contributed by atoms with Crippen molar-refractivity contribution in [3.05, 3.63) is 0 Å². The minimum absolute atomic E-state index is 0.778. The van der Waals surface area contributed by atoms with Crippen molar-refractivity contribution in [2.24, 2.45) is 0 Å². The van der Waals surface area contributed by atoms with Crippen LogP contribution in [0.2, 0.25) is 0 Å². The highest BCUT2D eigenvalue weighted by Crippen LogP contribution is 1.85. The van der Waals surface area contributed by atoms with Crippen molar-refractivity contribution in [1.29, 1.82) is 0 Å². The Balaban J connectivity index is 0.000000112. The third-order valence-electron chi connectivity index (χ3n) is 0.994. The van der Waals surface area contributed by atoms with Gasteiger partial charge in [0.2, 0.25) is 0 Å². The topological polar surface area (TPSA) is 40.4 Å². The van der Waals surface area contributed by atoms with Gasteiger partial charge in [-0.05, 0) is 0 Å². The highest BCUT2D eigenvalue weighted by Gasteiger charge is 1.94. The maximum atomic E-state index is 4.94. The van der Waals surface area contributed by atoms with E-state index in [1.54, 1.807) is 0 Å². The molecule has 0 amide bonds. The zero-order valence-electron chi connectivity index (χ0n) is 5.56. The van der Waals surface area contributed by atoms with E-state index in [2.05, 4.69) is 5.32 Å². The van der Waals surface area contributed by atoms with Crippen LogP contribution in [0.25, 0.3) is 0 Å². The first kappa shape index (κ1) is 6.99. The van der Waals surface area contributed by atoms with Crippen LogP contribution in [0.1, 0.15) is 0 Å². The van der Waals surface area contributed by atoms with Crippen LogP contribution in [0.4, 0.5) is 0 Å². The fraction of sp³-hybridized carbons (Fsp3) is 1.00. The summed E-state index contributed by atoms with van der Waals surface area (Å²) in [5.74, 6) is 0. The van der Waals surface area contributed by atoms with Crippen molar-refractivity contribution in [1.82, 2.24) is 5.32 Å². The summed E-state index contributed by atoms with van der Waals surface area (Å²) in [4.78, 5) is 0. The van der Waals surface area contributed by atoms with E-state index in [1.807, 2.05) is 0 Å². The van der Waals surface area contributed by atoms with Gasteiger partial charge in [0.05, 0.1) is 26.4 Å². The summed E-state index contributed by atoms with van der Waals surface area (Å²) in [6.07, 6.45) is 0. The molecular formula is C6H13NO2. The van der Waals surface area contributed by atoms with Gasteiger partial charge in [0.25, 0.3) is 0 Å². The van der Waals surface area contributed by atoms with E-state index in [1.165, 1.54) is 13.1 Å². The van der Waals surface area contributed by atoms with Crippen LogP contribution >= 0.6 is 0 Å². The maximum absolute atomic E-state index is 4.94. The summed E-state index contributed by atoms with van der Waals surface area (Å²) in [6, 6.07) is 0. The van der Waals surface area contributed by atoms with Gasteiger partial charge in [0.15, 0.2) is 0 Å². The first-order valence-corrected chi connectivity index (χ1v) is 3.36. The molecule has 2 aliphatic heterocycles. The molecule has 0 aliphatic carbocycles. The first-order valence-electron chi connectivity index (χ1n) is 3.36. The van der Waals surface area contributed by atoms with Gasteiger partial charge in [0, 0.05) is 13.1 Å². The minimum atomic E-state index is 0.778. The van der Waals surface area contributed by atoms with Crippen molar-refractivity contribution >= 4 is 0 Å². The van der Waals surface area contributed by atoms with Gasteiger partial charge >= 0.3 is 0 Å².